The van der Waals surface area contributed by atoms with E-state index in [0.29, 0.717) is 30.0 Å². The molecule has 1 aromatic carbocycles. The van der Waals surface area contributed by atoms with Crippen molar-refractivity contribution in [1.29, 1.82) is 0 Å². The lowest BCUT2D eigenvalue weighted by atomic mass is 10.0. The van der Waals surface area contributed by atoms with Gasteiger partial charge in [0.2, 0.25) is 0 Å². The molecule has 0 aliphatic heterocycles. The van der Waals surface area contributed by atoms with Crippen LogP contribution in [0.2, 0.25) is 0 Å². The highest BCUT2D eigenvalue weighted by molar-refractivity contribution is 5.39. The zero-order valence-electron chi connectivity index (χ0n) is 13.1. The van der Waals surface area contributed by atoms with Crippen molar-refractivity contribution in [3.63, 3.8) is 0 Å². The summed E-state index contributed by atoms with van der Waals surface area (Å²) in [6.45, 7) is 7.04. The van der Waals surface area contributed by atoms with Gasteiger partial charge >= 0.3 is 0 Å². The van der Waals surface area contributed by atoms with Gasteiger partial charge in [-0.25, -0.2) is 0 Å². The topological polar surface area (TPSA) is 50.7 Å². The second-order valence-corrected chi connectivity index (χ2v) is 5.24. The van der Waals surface area contributed by atoms with Crippen molar-refractivity contribution in [2.24, 2.45) is 5.92 Å². The Balaban J connectivity index is 2.69. The molecule has 3 unspecified atom stereocenters. The van der Waals surface area contributed by atoms with E-state index in [-0.39, 0.29) is 0 Å². The van der Waals surface area contributed by atoms with E-state index in [1.807, 2.05) is 12.1 Å². The molecule has 3 atom stereocenters. The molecular formula is C16H27NO3. The minimum absolute atomic E-state index is 0.377. The Kier molecular flexibility index (Phi) is 6.82. The van der Waals surface area contributed by atoms with Gasteiger partial charge < -0.3 is 19.9 Å². The third-order valence-electron chi connectivity index (χ3n) is 3.89. The lowest BCUT2D eigenvalue weighted by Crippen LogP contribution is -2.35. The summed E-state index contributed by atoms with van der Waals surface area (Å²) < 4.78 is 10.4. The Hall–Kier alpha value is -1.26. The molecule has 0 amide bonds. The molecular weight excluding hydrogens is 254 g/mol. The number of nitrogens with one attached hydrogen (secondary N) is 1. The second-order valence-electron chi connectivity index (χ2n) is 5.24. The van der Waals surface area contributed by atoms with Crippen LogP contribution in [0.3, 0.4) is 0 Å². The van der Waals surface area contributed by atoms with Crippen LogP contribution in [-0.2, 0) is 0 Å². The normalized spacial score (nSPS) is 15.5. The van der Waals surface area contributed by atoms with Crippen LogP contribution in [0.15, 0.2) is 18.2 Å². The third-order valence-corrected chi connectivity index (χ3v) is 3.89. The number of hydrogen-bond donors (Lipinski definition) is 2. The monoisotopic (exact) mass is 281 g/mol. The molecule has 1 aromatic rings. The lowest BCUT2D eigenvalue weighted by Gasteiger charge is -2.22. The van der Waals surface area contributed by atoms with Gasteiger partial charge in [-0.3, -0.25) is 0 Å². The van der Waals surface area contributed by atoms with Crippen LogP contribution in [0.1, 0.15) is 38.9 Å². The van der Waals surface area contributed by atoms with E-state index in [9.17, 15) is 5.11 Å². The summed E-state index contributed by atoms with van der Waals surface area (Å²) in [7, 11) is 3.21. The molecule has 4 heteroatoms. The molecule has 1 rings (SSSR count). The smallest absolute Gasteiger partial charge is 0.122 e. The molecule has 0 saturated heterocycles. The van der Waals surface area contributed by atoms with Gasteiger partial charge in [0.15, 0.2) is 0 Å². The standard InChI is InChI=1S/C16H27NO3/c1-6-11(2)12(3)17-10-16(18)13-7-14(19-4)9-15(8-13)20-5/h7-9,11-12,16-18H,6,10H2,1-5H3. The highest BCUT2D eigenvalue weighted by Crippen LogP contribution is 2.26. The van der Waals surface area contributed by atoms with Crippen LogP contribution in [0.5, 0.6) is 11.5 Å². The van der Waals surface area contributed by atoms with Crippen molar-refractivity contribution in [3.8, 4) is 11.5 Å². The summed E-state index contributed by atoms with van der Waals surface area (Å²) >= 11 is 0. The fourth-order valence-electron chi connectivity index (χ4n) is 1.99. The van der Waals surface area contributed by atoms with Gasteiger partial charge in [-0.1, -0.05) is 20.3 Å². The maximum Gasteiger partial charge on any atom is 0.122 e. The van der Waals surface area contributed by atoms with Crippen LogP contribution in [0.25, 0.3) is 0 Å². The number of benzene rings is 1. The minimum Gasteiger partial charge on any atom is -0.497 e. The van der Waals surface area contributed by atoms with Gasteiger partial charge in [0.05, 0.1) is 20.3 Å². The molecule has 4 nitrogen and oxygen atoms in total. The second kappa shape index (κ2) is 8.12. The average Bonchev–Trinajstić information content (AvgIpc) is 2.50. The lowest BCUT2D eigenvalue weighted by molar-refractivity contribution is 0.165. The maximum absolute atomic E-state index is 10.3. The highest BCUT2D eigenvalue weighted by Gasteiger charge is 2.14. The Morgan fingerprint density at radius 1 is 1.10 bits per heavy atom. The molecule has 0 bridgehead atoms. The number of rotatable bonds is 8. The predicted molar refractivity (Wildman–Crippen MR) is 81.4 cm³/mol. The van der Waals surface area contributed by atoms with E-state index < -0.39 is 6.10 Å². The molecule has 0 heterocycles. The first-order chi connectivity index (χ1) is 9.51. The summed E-state index contributed by atoms with van der Waals surface area (Å²) in [5.74, 6) is 1.96. The van der Waals surface area contributed by atoms with Gasteiger partial charge in [-0.2, -0.15) is 0 Å². The van der Waals surface area contributed by atoms with Crippen LogP contribution in [0, 0.1) is 5.92 Å². The van der Waals surface area contributed by atoms with Crippen molar-refractivity contribution in [2.45, 2.75) is 39.3 Å². The zero-order valence-corrected chi connectivity index (χ0v) is 13.1. The fourth-order valence-corrected chi connectivity index (χ4v) is 1.99. The van der Waals surface area contributed by atoms with Crippen LogP contribution >= 0.6 is 0 Å². The quantitative estimate of drug-likeness (QED) is 0.769. The summed E-state index contributed by atoms with van der Waals surface area (Å²) in [6.07, 6.45) is 0.544. The molecule has 0 aliphatic carbocycles. The molecule has 0 spiro atoms. The van der Waals surface area contributed by atoms with Crippen molar-refractivity contribution in [3.05, 3.63) is 23.8 Å². The van der Waals surface area contributed by atoms with Crippen molar-refractivity contribution in [1.82, 2.24) is 5.32 Å². The number of methoxy groups -OCH3 is 2. The van der Waals surface area contributed by atoms with E-state index in [0.717, 1.165) is 12.0 Å². The number of aliphatic hydroxyl groups excluding tert-OH is 1. The molecule has 0 fully saturated rings. The molecule has 20 heavy (non-hydrogen) atoms. The Morgan fingerprint density at radius 2 is 1.65 bits per heavy atom. The summed E-state index contributed by atoms with van der Waals surface area (Å²) in [4.78, 5) is 0. The minimum atomic E-state index is -0.578. The molecule has 0 aliphatic rings. The molecule has 0 saturated carbocycles. The van der Waals surface area contributed by atoms with E-state index >= 15 is 0 Å². The first kappa shape index (κ1) is 16.8. The average molecular weight is 281 g/mol. The van der Waals surface area contributed by atoms with Crippen molar-refractivity contribution in [2.75, 3.05) is 20.8 Å². The predicted octanol–water partition coefficient (Wildman–Crippen LogP) is 2.76. The largest absolute Gasteiger partial charge is 0.497 e. The molecule has 0 aromatic heterocycles. The van der Waals surface area contributed by atoms with Gasteiger partial charge in [-0.05, 0) is 30.5 Å². The van der Waals surface area contributed by atoms with Crippen LogP contribution in [-0.4, -0.2) is 31.9 Å². The maximum atomic E-state index is 10.3. The van der Waals surface area contributed by atoms with Gasteiger partial charge in [-0.15, -0.1) is 0 Å². The van der Waals surface area contributed by atoms with Crippen molar-refractivity contribution < 1.29 is 14.6 Å². The Morgan fingerprint density at radius 3 is 2.10 bits per heavy atom. The van der Waals surface area contributed by atoms with E-state index in [1.165, 1.54) is 0 Å². The third kappa shape index (κ3) is 4.69. The summed E-state index contributed by atoms with van der Waals surface area (Å²) in [6, 6.07) is 5.85. The summed E-state index contributed by atoms with van der Waals surface area (Å²) in [5, 5.41) is 13.7. The number of ether oxygens (including phenoxy) is 2. The first-order valence-electron chi connectivity index (χ1n) is 7.16. The number of aliphatic hydroxyl groups is 1. The van der Waals surface area contributed by atoms with Gasteiger partial charge in [0.1, 0.15) is 11.5 Å². The molecule has 0 radical (unpaired) electrons. The van der Waals surface area contributed by atoms with Gasteiger partial charge in [0, 0.05) is 18.7 Å². The van der Waals surface area contributed by atoms with Crippen LogP contribution < -0.4 is 14.8 Å². The summed E-state index contributed by atoms with van der Waals surface area (Å²) in [5.41, 5.74) is 0.796. The first-order valence-corrected chi connectivity index (χ1v) is 7.16. The van der Waals surface area contributed by atoms with E-state index in [1.54, 1.807) is 20.3 Å². The van der Waals surface area contributed by atoms with E-state index in [2.05, 4.69) is 26.1 Å². The number of hydrogen-bond acceptors (Lipinski definition) is 4. The Bertz CT molecular complexity index is 386. The van der Waals surface area contributed by atoms with Gasteiger partial charge in [0.25, 0.3) is 0 Å². The fraction of sp³-hybridized carbons (Fsp3) is 0.625. The Labute approximate surface area is 122 Å². The van der Waals surface area contributed by atoms with Crippen LogP contribution in [0.4, 0.5) is 0 Å². The highest BCUT2D eigenvalue weighted by atomic mass is 16.5. The van der Waals surface area contributed by atoms with Crippen molar-refractivity contribution >= 4 is 0 Å². The molecule has 114 valence electrons. The van der Waals surface area contributed by atoms with E-state index in [4.69, 9.17) is 9.47 Å². The zero-order chi connectivity index (χ0) is 15.1. The molecule has 2 N–H and O–H groups in total. The SMILES string of the molecule is CCC(C)C(C)NCC(O)c1cc(OC)cc(OC)c1.